The van der Waals surface area contributed by atoms with E-state index < -0.39 is 0 Å². The number of nitrogens with two attached hydrogens (primary N) is 1. The lowest BCUT2D eigenvalue weighted by molar-refractivity contribution is -0.753. The molecule has 1 aromatic heterocycles. The second-order valence-electron chi connectivity index (χ2n) is 1.21. The molecule has 2 N–H and O–H groups in total. The van der Waals surface area contributed by atoms with Crippen LogP contribution in [-0.2, 0) is 7.05 Å². The maximum Gasteiger partial charge on any atom is 0.252 e. The standard InChI is InChI=1S/C2H6N5/c1-6-2-4-5-7(6)3/h2H,1H3,(H2,3,5)/q+1. The van der Waals surface area contributed by atoms with Crippen LogP contribution in [0.15, 0.2) is 6.33 Å². The normalized spacial score (nSPS) is 9.29. The minimum Gasteiger partial charge on any atom is -0.241 e. The summed E-state index contributed by atoms with van der Waals surface area (Å²) in [6, 6.07) is 0. The van der Waals surface area contributed by atoms with Gasteiger partial charge in [0, 0.05) is 10.0 Å². The van der Waals surface area contributed by atoms with Crippen LogP contribution in [0.2, 0.25) is 0 Å². The van der Waals surface area contributed by atoms with Gasteiger partial charge < -0.3 is 0 Å². The van der Waals surface area contributed by atoms with E-state index in [4.69, 9.17) is 5.84 Å². The van der Waals surface area contributed by atoms with Gasteiger partial charge in [0.05, 0.1) is 7.05 Å². The highest BCUT2D eigenvalue weighted by molar-refractivity contribution is 4.16. The van der Waals surface area contributed by atoms with E-state index in [1.807, 2.05) is 0 Å². The minimum atomic E-state index is 1.14. The molecule has 5 nitrogen and oxygen atoms in total. The Morgan fingerprint density at radius 2 is 2.57 bits per heavy atom. The molecule has 1 aromatic rings. The smallest absolute Gasteiger partial charge is 0.241 e. The maximum atomic E-state index is 5.15. The van der Waals surface area contributed by atoms with Crippen molar-refractivity contribution in [1.29, 1.82) is 0 Å². The van der Waals surface area contributed by atoms with E-state index in [2.05, 4.69) is 10.3 Å². The first-order valence-corrected chi connectivity index (χ1v) is 1.82. The van der Waals surface area contributed by atoms with Crippen LogP contribution in [0.25, 0.3) is 0 Å². The highest BCUT2D eigenvalue weighted by atomic mass is 15.7. The third kappa shape index (κ3) is 0.510. The average molecular weight is 100 g/mol. The SMILES string of the molecule is C[n+]1cnnn1N. The molecule has 0 aromatic carbocycles. The lowest BCUT2D eigenvalue weighted by atomic mass is 11.2. The second kappa shape index (κ2) is 1.18. The van der Waals surface area contributed by atoms with Gasteiger partial charge in [-0.25, -0.2) is 5.84 Å². The van der Waals surface area contributed by atoms with Gasteiger partial charge in [0.2, 0.25) is 0 Å². The van der Waals surface area contributed by atoms with Crippen LogP contribution in [0.5, 0.6) is 0 Å². The first-order valence-electron chi connectivity index (χ1n) is 1.82. The number of hydrogen-bond donors (Lipinski definition) is 1. The van der Waals surface area contributed by atoms with Crippen LogP contribution in [0.3, 0.4) is 0 Å². The molecule has 0 fully saturated rings. The predicted molar refractivity (Wildman–Crippen MR) is 21.3 cm³/mol. The second-order valence-corrected chi connectivity index (χ2v) is 1.21. The molecule has 1 rings (SSSR count). The molecule has 1 heterocycles. The fourth-order valence-electron chi connectivity index (χ4n) is 0.267. The molecule has 0 spiro atoms. The summed E-state index contributed by atoms with van der Waals surface area (Å²) < 4.78 is 1.56. The molecule has 0 aliphatic rings. The number of aryl methyl sites for hydroxylation is 1. The summed E-state index contributed by atoms with van der Waals surface area (Å²) in [6.45, 7) is 0. The van der Waals surface area contributed by atoms with E-state index in [0.29, 0.717) is 0 Å². The van der Waals surface area contributed by atoms with Crippen LogP contribution in [0.4, 0.5) is 0 Å². The minimum absolute atomic E-state index is 1.14. The van der Waals surface area contributed by atoms with Gasteiger partial charge >= 0.3 is 0 Å². The number of rotatable bonds is 0. The first kappa shape index (κ1) is 4.04. The Bertz CT molecular complexity index is 138. The monoisotopic (exact) mass is 100 g/mol. The number of tetrazole rings is 1. The lowest BCUT2D eigenvalue weighted by Gasteiger charge is -1.80. The van der Waals surface area contributed by atoms with Crippen LogP contribution in [0.1, 0.15) is 0 Å². The van der Waals surface area contributed by atoms with Gasteiger partial charge in [-0.1, -0.05) is 0 Å². The van der Waals surface area contributed by atoms with Gasteiger partial charge in [-0.3, -0.25) is 0 Å². The number of nitrogen functional groups attached to an aromatic ring is 1. The maximum absolute atomic E-state index is 5.15. The van der Waals surface area contributed by atoms with Crippen molar-refractivity contribution in [3.05, 3.63) is 6.33 Å². The van der Waals surface area contributed by atoms with Crippen LogP contribution >= 0.6 is 0 Å². The molecule has 5 heteroatoms. The fourth-order valence-corrected chi connectivity index (χ4v) is 0.267. The molecule has 7 heavy (non-hydrogen) atoms. The van der Waals surface area contributed by atoms with Crippen molar-refractivity contribution in [3.63, 3.8) is 0 Å². The summed E-state index contributed by atoms with van der Waals surface area (Å²) in [5.74, 6) is 5.15. The van der Waals surface area contributed by atoms with E-state index in [0.717, 1.165) is 4.91 Å². The summed E-state index contributed by atoms with van der Waals surface area (Å²) in [6.07, 6.45) is 1.51. The predicted octanol–water partition coefficient (Wildman–Crippen LogP) is -2.18. The van der Waals surface area contributed by atoms with E-state index in [1.54, 1.807) is 11.7 Å². The van der Waals surface area contributed by atoms with Crippen molar-refractivity contribution in [1.82, 2.24) is 15.2 Å². The number of aromatic nitrogens is 4. The Labute approximate surface area is 40.3 Å². The van der Waals surface area contributed by atoms with Gasteiger partial charge in [-0.15, -0.1) is 0 Å². The summed E-state index contributed by atoms with van der Waals surface area (Å²) in [5, 5.41) is 6.90. The molecular formula is C2H6N5+. The first-order chi connectivity index (χ1) is 3.30. The molecule has 0 bridgehead atoms. The molecule has 0 saturated carbocycles. The van der Waals surface area contributed by atoms with Gasteiger partial charge in [0.15, 0.2) is 5.21 Å². The Morgan fingerprint density at radius 3 is 2.71 bits per heavy atom. The van der Waals surface area contributed by atoms with Gasteiger partial charge in [-0.2, -0.15) is 4.68 Å². The Balaban J connectivity index is 3.12. The topological polar surface area (TPSA) is 60.6 Å². The molecule has 0 aliphatic carbocycles. The molecule has 38 valence electrons. The molecule has 0 atom stereocenters. The zero-order valence-electron chi connectivity index (χ0n) is 3.94. The Morgan fingerprint density at radius 1 is 1.86 bits per heavy atom. The van der Waals surface area contributed by atoms with Crippen molar-refractivity contribution in [3.8, 4) is 0 Å². The largest absolute Gasteiger partial charge is 0.252 e. The molecule has 0 unspecified atom stereocenters. The summed E-state index contributed by atoms with van der Waals surface area (Å²) >= 11 is 0. The van der Waals surface area contributed by atoms with E-state index in [9.17, 15) is 0 Å². The van der Waals surface area contributed by atoms with E-state index in [-0.39, 0.29) is 0 Å². The van der Waals surface area contributed by atoms with Crippen molar-refractivity contribution in [2.45, 2.75) is 0 Å². The number of hydrogen-bond acceptors (Lipinski definition) is 3. The highest BCUT2D eigenvalue weighted by Crippen LogP contribution is 1.48. The van der Waals surface area contributed by atoms with Crippen molar-refractivity contribution < 1.29 is 4.68 Å². The lowest BCUT2D eigenvalue weighted by Crippen LogP contribution is -2.43. The zero-order valence-corrected chi connectivity index (χ0v) is 3.94. The third-order valence-corrected chi connectivity index (χ3v) is 0.685. The van der Waals surface area contributed by atoms with Crippen molar-refractivity contribution in [2.75, 3.05) is 5.84 Å². The average Bonchev–Trinajstić information content (AvgIpc) is 1.91. The van der Waals surface area contributed by atoms with E-state index in [1.165, 1.54) is 6.33 Å². The molecule has 0 aliphatic heterocycles. The summed E-state index contributed by atoms with van der Waals surface area (Å²) in [7, 11) is 1.75. The van der Waals surface area contributed by atoms with Crippen LogP contribution in [-0.4, -0.2) is 15.2 Å². The molecular weight excluding hydrogens is 94.1 g/mol. The van der Waals surface area contributed by atoms with E-state index >= 15 is 0 Å². The summed E-state index contributed by atoms with van der Waals surface area (Å²) in [5.41, 5.74) is 0. The third-order valence-electron chi connectivity index (χ3n) is 0.685. The van der Waals surface area contributed by atoms with Gasteiger partial charge in [0.1, 0.15) is 0 Å². The Hall–Kier alpha value is -1.13. The Kier molecular flexibility index (Phi) is 0.680. The highest BCUT2D eigenvalue weighted by Gasteiger charge is 1.93. The zero-order chi connectivity index (χ0) is 5.28. The fraction of sp³-hybridized carbons (Fsp3) is 0.500. The van der Waals surface area contributed by atoms with Crippen molar-refractivity contribution >= 4 is 0 Å². The van der Waals surface area contributed by atoms with Crippen molar-refractivity contribution in [2.24, 2.45) is 7.05 Å². The molecule has 0 saturated heterocycles. The van der Waals surface area contributed by atoms with Gasteiger partial charge in [0.25, 0.3) is 6.33 Å². The number of nitrogens with zero attached hydrogens (tertiary/aromatic N) is 4. The molecule has 0 radical (unpaired) electrons. The molecule has 0 amide bonds. The quantitative estimate of drug-likeness (QED) is 0.298. The summed E-state index contributed by atoms with van der Waals surface area (Å²) in [4.78, 5) is 1.14. The van der Waals surface area contributed by atoms with Crippen LogP contribution in [0, 0.1) is 0 Å². The van der Waals surface area contributed by atoms with Gasteiger partial charge in [-0.05, 0) is 0 Å². The van der Waals surface area contributed by atoms with Crippen LogP contribution < -0.4 is 10.5 Å².